The van der Waals surface area contributed by atoms with Gasteiger partial charge in [0.25, 0.3) is 5.91 Å². The van der Waals surface area contributed by atoms with Crippen LogP contribution in [0.5, 0.6) is 0 Å². The van der Waals surface area contributed by atoms with Gasteiger partial charge in [0.15, 0.2) is 12.4 Å². The number of carbonyl (C=O) groups excluding carboxylic acids is 1. The average molecular weight is 526 g/mol. The fraction of sp³-hybridized carbons (Fsp3) is 0.958. The molecule has 1 aliphatic rings. The van der Waals surface area contributed by atoms with Crippen LogP contribution in [0.25, 0.3) is 0 Å². The Bertz CT molecular complexity index is 582. The van der Waals surface area contributed by atoms with Crippen LogP contribution in [-0.4, -0.2) is 122 Å². The lowest BCUT2D eigenvalue weighted by molar-refractivity contribution is -0.326. The Balaban J connectivity index is 2.48. The van der Waals surface area contributed by atoms with Gasteiger partial charge < -0.3 is 55.6 Å². The smallest absolute Gasteiger partial charge is 0.251 e. The summed E-state index contributed by atoms with van der Waals surface area (Å²) in [7, 11) is 0. The summed E-state index contributed by atoms with van der Waals surface area (Å²) in [6.45, 7) is 0.809. The van der Waals surface area contributed by atoms with Crippen molar-refractivity contribution in [1.82, 2.24) is 5.32 Å². The Labute approximate surface area is 212 Å². The number of hydrogen-bond acceptors (Lipinski definition) is 11. The number of aliphatic hydroxyl groups excluding tert-OH is 8. The van der Waals surface area contributed by atoms with E-state index in [1.165, 1.54) is 38.5 Å². The summed E-state index contributed by atoms with van der Waals surface area (Å²) in [6.07, 6.45) is -4.81. The minimum absolute atomic E-state index is 0.278. The van der Waals surface area contributed by atoms with E-state index >= 15 is 0 Å². The van der Waals surface area contributed by atoms with Crippen LogP contribution in [0.15, 0.2) is 0 Å². The number of hydrogen-bond donors (Lipinski definition) is 9. The Hall–Kier alpha value is -0.930. The second-order valence-electron chi connectivity index (χ2n) is 9.46. The Morgan fingerprint density at radius 1 is 0.861 bits per heavy atom. The Morgan fingerprint density at radius 3 is 1.94 bits per heavy atom. The first-order valence-electron chi connectivity index (χ1n) is 13.1. The highest BCUT2D eigenvalue weighted by molar-refractivity contribution is 5.81. The van der Waals surface area contributed by atoms with Crippen molar-refractivity contribution < 1.29 is 55.1 Å². The van der Waals surface area contributed by atoms with Gasteiger partial charge in [-0.2, -0.15) is 0 Å². The van der Waals surface area contributed by atoms with Crippen LogP contribution < -0.4 is 5.32 Å². The van der Waals surface area contributed by atoms with Gasteiger partial charge in [0.1, 0.15) is 42.7 Å². The highest BCUT2D eigenvalue weighted by atomic mass is 16.7. The maximum absolute atomic E-state index is 12.3. The third-order valence-electron chi connectivity index (χ3n) is 6.46. The van der Waals surface area contributed by atoms with Gasteiger partial charge in [-0.05, 0) is 6.42 Å². The van der Waals surface area contributed by atoms with Gasteiger partial charge in [0.05, 0.1) is 13.2 Å². The van der Waals surface area contributed by atoms with Crippen molar-refractivity contribution >= 4 is 5.91 Å². The van der Waals surface area contributed by atoms with Gasteiger partial charge in [0, 0.05) is 6.54 Å². The van der Waals surface area contributed by atoms with Crippen LogP contribution in [0, 0.1) is 0 Å². The molecule has 214 valence electrons. The molecule has 36 heavy (non-hydrogen) atoms. The van der Waals surface area contributed by atoms with Gasteiger partial charge in [-0.15, -0.1) is 0 Å². The molecule has 1 rings (SSSR count). The van der Waals surface area contributed by atoms with Gasteiger partial charge >= 0.3 is 0 Å². The molecule has 9 N–H and O–H groups in total. The zero-order valence-electron chi connectivity index (χ0n) is 21.2. The molecule has 0 aromatic rings. The number of rotatable bonds is 19. The van der Waals surface area contributed by atoms with E-state index in [-0.39, 0.29) is 6.54 Å². The Kier molecular flexibility index (Phi) is 16.9. The fourth-order valence-corrected chi connectivity index (χ4v) is 4.10. The van der Waals surface area contributed by atoms with E-state index in [4.69, 9.17) is 9.47 Å². The monoisotopic (exact) mass is 525 g/mol. The molecule has 1 aliphatic heterocycles. The first-order valence-corrected chi connectivity index (χ1v) is 13.1. The molecule has 0 aromatic carbocycles. The number of nitrogens with one attached hydrogen (secondary N) is 1. The molecule has 1 heterocycles. The second-order valence-corrected chi connectivity index (χ2v) is 9.46. The van der Waals surface area contributed by atoms with Crippen LogP contribution >= 0.6 is 0 Å². The van der Waals surface area contributed by atoms with E-state index < -0.39 is 74.2 Å². The van der Waals surface area contributed by atoms with Crippen molar-refractivity contribution in [2.75, 3.05) is 19.8 Å². The van der Waals surface area contributed by atoms with E-state index in [0.29, 0.717) is 6.42 Å². The number of ether oxygens (including phenoxy) is 2. The zero-order chi connectivity index (χ0) is 27.1. The van der Waals surface area contributed by atoms with E-state index in [1.807, 2.05) is 0 Å². The normalized spacial score (nSPS) is 27.9. The maximum atomic E-state index is 12.3. The molecule has 0 saturated carbocycles. The lowest BCUT2D eigenvalue weighted by Gasteiger charge is -2.42. The molecule has 0 radical (unpaired) electrons. The van der Waals surface area contributed by atoms with Gasteiger partial charge in [-0.3, -0.25) is 4.79 Å². The summed E-state index contributed by atoms with van der Waals surface area (Å²) < 4.78 is 10.5. The molecule has 0 bridgehead atoms. The van der Waals surface area contributed by atoms with Crippen molar-refractivity contribution in [3.63, 3.8) is 0 Å². The minimum atomic E-state index is -2.04. The predicted molar refractivity (Wildman–Crippen MR) is 129 cm³/mol. The lowest BCUT2D eigenvalue weighted by atomic mass is 9.98. The summed E-state index contributed by atoms with van der Waals surface area (Å²) >= 11 is 0. The molecule has 0 aromatic heterocycles. The molecular formula is C24H47NO11. The first kappa shape index (κ1) is 33.1. The van der Waals surface area contributed by atoms with Crippen molar-refractivity contribution in [3.8, 4) is 0 Å². The fourth-order valence-electron chi connectivity index (χ4n) is 4.10. The van der Waals surface area contributed by atoms with Crippen LogP contribution in [0.1, 0.15) is 71.1 Å². The number of aliphatic hydroxyl groups is 8. The van der Waals surface area contributed by atoms with E-state index in [1.54, 1.807) is 0 Å². The van der Waals surface area contributed by atoms with Gasteiger partial charge in [0.2, 0.25) is 0 Å². The standard InChI is InChI=1S/C24H47NO11/c1-2-3-4-5-6-7-8-9-10-11-12-25-23(34)20(32)19(31)22(15(28)13-26)36-24-21(33)18(30)17(29)16(14-27)35-24/h15-22,24,26-33H,2-14H2,1H3,(H,25,34)/t15-,16-,17+,18+,19-,20-,21-,22?,24+/m1/s1. The highest BCUT2D eigenvalue weighted by Crippen LogP contribution is 2.25. The third-order valence-corrected chi connectivity index (χ3v) is 6.46. The molecule has 0 aliphatic carbocycles. The quantitative estimate of drug-likeness (QED) is 0.0866. The molecule has 1 saturated heterocycles. The van der Waals surface area contributed by atoms with E-state index in [0.717, 1.165) is 19.3 Å². The summed E-state index contributed by atoms with van der Waals surface area (Å²) in [5, 5.41) is 81.8. The SMILES string of the molecule is CCCCCCCCCCCCNC(=O)[C@H](O)[C@@H](O)C(O[C@@H]1O[C@H](CO)[C@H](O)[C@H](O)[C@H]1O)[C@H](O)CO. The lowest BCUT2D eigenvalue weighted by Crippen LogP contribution is -2.62. The molecule has 9 atom stereocenters. The molecule has 12 heteroatoms. The van der Waals surface area contributed by atoms with Crippen LogP contribution in [0.4, 0.5) is 0 Å². The minimum Gasteiger partial charge on any atom is -0.394 e. The van der Waals surface area contributed by atoms with Crippen molar-refractivity contribution in [1.29, 1.82) is 0 Å². The summed E-state index contributed by atoms with van der Waals surface area (Å²) in [5.41, 5.74) is 0. The summed E-state index contributed by atoms with van der Waals surface area (Å²) in [6, 6.07) is 0. The van der Waals surface area contributed by atoms with Crippen LogP contribution in [0.3, 0.4) is 0 Å². The molecule has 1 unspecified atom stereocenters. The van der Waals surface area contributed by atoms with E-state index in [9.17, 15) is 45.6 Å². The number of carbonyl (C=O) groups is 1. The maximum Gasteiger partial charge on any atom is 0.251 e. The third kappa shape index (κ3) is 10.8. The second kappa shape index (κ2) is 18.3. The van der Waals surface area contributed by atoms with Crippen molar-refractivity contribution in [2.24, 2.45) is 0 Å². The van der Waals surface area contributed by atoms with Crippen molar-refractivity contribution in [3.05, 3.63) is 0 Å². The number of unbranched alkanes of at least 4 members (excludes halogenated alkanes) is 9. The molecule has 1 amide bonds. The van der Waals surface area contributed by atoms with Gasteiger partial charge in [-0.1, -0.05) is 64.7 Å². The molecule has 12 nitrogen and oxygen atoms in total. The number of amides is 1. The summed E-state index contributed by atoms with van der Waals surface area (Å²) in [4.78, 5) is 12.3. The predicted octanol–water partition coefficient (Wildman–Crippen LogP) is -1.72. The highest BCUT2D eigenvalue weighted by Gasteiger charge is 2.47. The topological polar surface area (TPSA) is 209 Å². The molecular weight excluding hydrogens is 478 g/mol. The summed E-state index contributed by atoms with van der Waals surface area (Å²) in [5.74, 6) is -0.911. The zero-order valence-corrected chi connectivity index (χ0v) is 21.2. The van der Waals surface area contributed by atoms with Gasteiger partial charge in [-0.25, -0.2) is 0 Å². The first-order chi connectivity index (χ1) is 17.2. The van der Waals surface area contributed by atoms with Crippen LogP contribution in [-0.2, 0) is 14.3 Å². The van der Waals surface area contributed by atoms with Crippen molar-refractivity contribution in [2.45, 2.75) is 126 Å². The molecule has 1 fully saturated rings. The van der Waals surface area contributed by atoms with E-state index in [2.05, 4.69) is 12.2 Å². The molecule has 0 spiro atoms. The average Bonchev–Trinajstić information content (AvgIpc) is 2.88. The van der Waals surface area contributed by atoms with Crippen LogP contribution in [0.2, 0.25) is 0 Å². The Morgan fingerprint density at radius 2 is 1.42 bits per heavy atom. The largest absolute Gasteiger partial charge is 0.394 e.